The van der Waals surface area contributed by atoms with Gasteiger partial charge in [-0.1, -0.05) is 31.5 Å². The molecule has 20 heavy (non-hydrogen) atoms. The molecule has 0 atom stereocenters. The van der Waals surface area contributed by atoms with E-state index in [1.54, 1.807) is 0 Å². The number of benzene rings is 1. The highest BCUT2D eigenvalue weighted by molar-refractivity contribution is 8.00. The van der Waals surface area contributed by atoms with Crippen LogP contribution in [-0.2, 0) is 6.54 Å². The summed E-state index contributed by atoms with van der Waals surface area (Å²) in [6.07, 6.45) is 6.68. The highest BCUT2D eigenvalue weighted by Crippen LogP contribution is 2.29. The topological polar surface area (TPSA) is 27.8 Å². The van der Waals surface area contributed by atoms with Gasteiger partial charge in [0.05, 0.1) is 0 Å². The minimum Gasteiger partial charge on any atom is -0.361 e. The molecule has 0 spiro atoms. The lowest BCUT2D eigenvalue weighted by Gasteiger charge is -2.30. The summed E-state index contributed by atoms with van der Waals surface area (Å²) in [6, 6.07) is 6.02. The standard InChI is InChI=1S/C16H23ClN2S/c1-4-16(5-2,20-3)11-18-9-12-10-19-15-8-13(17)6-7-14(12)15/h6-8,10,18-19H,4-5,9,11H2,1-3H3. The van der Waals surface area contributed by atoms with Crippen LogP contribution in [-0.4, -0.2) is 22.5 Å². The minimum atomic E-state index is 0.357. The lowest BCUT2D eigenvalue weighted by atomic mass is 10.0. The van der Waals surface area contributed by atoms with Crippen LogP contribution in [0.25, 0.3) is 10.9 Å². The Morgan fingerprint density at radius 2 is 2.05 bits per heavy atom. The molecule has 2 N–H and O–H groups in total. The molecule has 0 aliphatic heterocycles. The van der Waals surface area contributed by atoms with Crippen molar-refractivity contribution >= 4 is 34.3 Å². The van der Waals surface area contributed by atoms with Gasteiger partial charge in [0, 0.05) is 40.0 Å². The minimum absolute atomic E-state index is 0.357. The first-order valence-electron chi connectivity index (χ1n) is 7.15. The van der Waals surface area contributed by atoms with Crippen molar-refractivity contribution in [2.24, 2.45) is 0 Å². The molecule has 0 radical (unpaired) electrons. The number of nitrogens with one attached hydrogen (secondary N) is 2. The average molecular weight is 311 g/mol. The maximum absolute atomic E-state index is 6.01. The van der Waals surface area contributed by atoms with E-state index in [4.69, 9.17) is 11.6 Å². The fourth-order valence-corrected chi connectivity index (χ4v) is 3.59. The van der Waals surface area contributed by atoms with Gasteiger partial charge in [-0.25, -0.2) is 0 Å². The van der Waals surface area contributed by atoms with Crippen LogP contribution < -0.4 is 5.32 Å². The average Bonchev–Trinajstić information content (AvgIpc) is 2.86. The molecule has 0 bridgehead atoms. The van der Waals surface area contributed by atoms with E-state index in [9.17, 15) is 0 Å². The Labute approximate surface area is 130 Å². The van der Waals surface area contributed by atoms with E-state index >= 15 is 0 Å². The second-order valence-corrected chi connectivity index (χ2v) is 6.91. The number of rotatable bonds is 7. The molecule has 1 heterocycles. The van der Waals surface area contributed by atoms with Crippen molar-refractivity contribution in [1.29, 1.82) is 0 Å². The number of fused-ring (bicyclic) bond motifs is 1. The molecule has 2 nitrogen and oxygen atoms in total. The predicted molar refractivity (Wildman–Crippen MR) is 91.8 cm³/mol. The molecule has 0 saturated heterocycles. The molecule has 0 unspecified atom stereocenters. The van der Waals surface area contributed by atoms with Gasteiger partial charge in [0.1, 0.15) is 0 Å². The number of H-pyrrole nitrogens is 1. The third kappa shape index (κ3) is 3.33. The van der Waals surface area contributed by atoms with Crippen LogP contribution in [0.5, 0.6) is 0 Å². The van der Waals surface area contributed by atoms with Crippen LogP contribution in [0, 0.1) is 0 Å². The molecule has 0 saturated carbocycles. The van der Waals surface area contributed by atoms with Crippen molar-refractivity contribution in [2.45, 2.75) is 38.0 Å². The van der Waals surface area contributed by atoms with E-state index in [1.165, 1.54) is 23.8 Å². The Kier molecular flexibility index (Phi) is 5.42. The third-order valence-corrected chi connectivity index (χ3v) is 6.04. The Hall–Kier alpha value is -0.640. The molecular weight excluding hydrogens is 288 g/mol. The summed E-state index contributed by atoms with van der Waals surface area (Å²) in [7, 11) is 0. The van der Waals surface area contributed by atoms with Crippen molar-refractivity contribution in [3.05, 3.63) is 35.0 Å². The summed E-state index contributed by atoms with van der Waals surface area (Å²) in [5.41, 5.74) is 2.41. The van der Waals surface area contributed by atoms with Gasteiger partial charge in [-0.05, 0) is 36.8 Å². The summed E-state index contributed by atoms with van der Waals surface area (Å²) >= 11 is 7.98. The van der Waals surface area contributed by atoms with Crippen molar-refractivity contribution in [3.8, 4) is 0 Å². The van der Waals surface area contributed by atoms with E-state index in [0.29, 0.717) is 4.75 Å². The van der Waals surface area contributed by atoms with Gasteiger partial charge >= 0.3 is 0 Å². The zero-order chi connectivity index (χ0) is 14.6. The number of hydrogen-bond acceptors (Lipinski definition) is 2. The first-order chi connectivity index (χ1) is 9.64. The molecule has 1 aromatic heterocycles. The molecule has 2 aromatic rings. The Balaban J connectivity index is 2.03. The molecular formula is C16H23ClN2S. The maximum Gasteiger partial charge on any atom is 0.0472 e. The summed E-state index contributed by atoms with van der Waals surface area (Å²) in [5, 5.41) is 5.64. The number of aromatic amines is 1. The molecule has 0 aliphatic rings. The molecule has 110 valence electrons. The lowest BCUT2D eigenvalue weighted by molar-refractivity contribution is 0.495. The summed E-state index contributed by atoms with van der Waals surface area (Å²) < 4.78 is 0.357. The van der Waals surface area contributed by atoms with Crippen LogP contribution >= 0.6 is 23.4 Å². The largest absolute Gasteiger partial charge is 0.361 e. The Morgan fingerprint density at radius 3 is 2.70 bits per heavy atom. The van der Waals surface area contributed by atoms with Gasteiger partial charge in [-0.3, -0.25) is 0 Å². The van der Waals surface area contributed by atoms with Crippen molar-refractivity contribution < 1.29 is 0 Å². The predicted octanol–water partition coefficient (Wildman–Crippen LogP) is 4.83. The molecule has 1 aromatic carbocycles. The van der Waals surface area contributed by atoms with Crippen molar-refractivity contribution in [3.63, 3.8) is 0 Å². The second kappa shape index (κ2) is 6.88. The van der Waals surface area contributed by atoms with E-state index in [2.05, 4.69) is 42.7 Å². The van der Waals surface area contributed by atoms with Crippen molar-refractivity contribution in [2.75, 3.05) is 12.8 Å². The quantitative estimate of drug-likeness (QED) is 0.766. The van der Waals surface area contributed by atoms with E-state index in [0.717, 1.165) is 23.6 Å². The molecule has 4 heteroatoms. The summed E-state index contributed by atoms with van der Waals surface area (Å²) in [6.45, 7) is 6.48. The first-order valence-corrected chi connectivity index (χ1v) is 8.75. The fourth-order valence-electron chi connectivity index (χ4n) is 2.59. The number of aromatic nitrogens is 1. The smallest absolute Gasteiger partial charge is 0.0472 e. The molecule has 0 fully saturated rings. The Morgan fingerprint density at radius 1 is 1.30 bits per heavy atom. The lowest BCUT2D eigenvalue weighted by Crippen LogP contribution is -2.36. The highest BCUT2D eigenvalue weighted by Gasteiger charge is 2.24. The molecule has 0 amide bonds. The van der Waals surface area contributed by atoms with E-state index in [-0.39, 0.29) is 0 Å². The van der Waals surface area contributed by atoms with E-state index < -0.39 is 0 Å². The van der Waals surface area contributed by atoms with E-state index in [1.807, 2.05) is 23.9 Å². The summed E-state index contributed by atoms with van der Waals surface area (Å²) in [4.78, 5) is 3.29. The first kappa shape index (κ1) is 15.7. The van der Waals surface area contributed by atoms with Crippen LogP contribution in [0.2, 0.25) is 5.02 Å². The normalized spacial score (nSPS) is 12.2. The van der Waals surface area contributed by atoms with Gasteiger partial charge < -0.3 is 10.3 Å². The fraction of sp³-hybridized carbons (Fsp3) is 0.500. The van der Waals surface area contributed by atoms with Gasteiger partial charge in [0.15, 0.2) is 0 Å². The summed E-state index contributed by atoms with van der Waals surface area (Å²) in [5.74, 6) is 0. The van der Waals surface area contributed by atoms with Gasteiger partial charge in [-0.15, -0.1) is 0 Å². The third-order valence-electron chi connectivity index (χ3n) is 4.21. The van der Waals surface area contributed by atoms with Crippen LogP contribution in [0.4, 0.5) is 0 Å². The van der Waals surface area contributed by atoms with Crippen LogP contribution in [0.1, 0.15) is 32.3 Å². The van der Waals surface area contributed by atoms with Crippen LogP contribution in [0.3, 0.4) is 0 Å². The second-order valence-electron chi connectivity index (χ2n) is 5.20. The monoisotopic (exact) mass is 310 g/mol. The highest BCUT2D eigenvalue weighted by atomic mass is 35.5. The zero-order valence-electron chi connectivity index (χ0n) is 12.4. The Bertz CT molecular complexity index is 552. The number of halogens is 1. The van der Waals surface area contributed by atoms with Gasteiger partial charge in [0.25, 0.3) is 0 Å². The van der Waals surface area contributed by atoms with Gasteiger partial charge in [0.2, 0.25) is 0 Å². The van der Waals surface area contributed by atoms with Gasteiger partial charge in [-0.2, -0.15) is 11.8 Å². The number of hydrogen-bond donors (Lipinski definition) is 2. The molecule has 2 rings (SSSR count). The molecule has 0 aliphatic carbocycles. The van der Waals surface area contributed by atoms with Crippen molar-refractivity contribution in [1.82, 2.24) is 10.3 Å². The SMILES string of the molecule is CCC(CC)(CNCc1c[nH]c2cc(Cl)ccc12)SC. The maximum atomic E-state index is 6.01. The number of thioether (sulfide) groups is 1. The van der Waals surface area contributed by atoms with Crippen LogP contribution in [0.15, 0.2) is 24.4 Å². The zero-order valence-corrected chi connectivity index (χ0v) is 14.0.